The first-order valence-electron chi connectivity index (χ1n) is 5.59. The number of rotatable bonds is 2. The van der Waals surface area contributed by atoms with Crippen molar-refractivity contribution >= 4 is 27.4 Å². The number of ether oxygens (including phenoxy) is 1. The second kappa shape index (κ2) is 3.79. The van der Waals surface area contributed by atoms with Crippen LogP contribution in [0.3, 0.4) is 0 Å². The number of nitrogens with zero attached hydrogens (tertiary/aromatic N) is 4. The lowest BCUT2D eigenvalue weighted by atomic mass is 10.3. The number of para-hydroxylation sites is 2. The third-order valence-corrected chi connectivity index (χ3v) is 3.64. The van der Waals surface area contributed by atoms with Gasteiger partial charge in [0.2, 0.25) is 10.9 Å². The number of fused-ring (bicyclic) bond motifs is 2. The Bertz CT molecular complexity index is 843. The summed E-state index contributed by atoms with van der Waals surface area (Å²) in [7, 11) is 1.58. The summed E-state index contributed by atoms with van der Waals surface area (Å²) in [5.41, 5.74) is 2.27. The van der Waals surface area contributed by atoms with Crippen LogP contribution in [0.2, 0.25) is 0 Å². The molecule has 0 spiro atoms. The van der Waals surface area contributed by atoms with Gasteiger partial charge >= 0.3 is 0 Å². The van der Waals surface area contributed by atoms with E-state index in [1.807, 2.05) is 24.3 Å². The number of hydrogen-bond donors (Lipinski definition) is 0. The zero-order valence-corrected chi connectivity index (χ0v) is 10.7. The summed E-state index contributed by atoms with van der Waals surface area (Å²) in [6, 6.07) is 7.62. The fourth-order valence-corrected chi connectivity index (χ4v) is 2.58. The summed E-state index contributed by atoms with van der Waals surface area (Å²) >= 11 is 1.37. The fraction of sp³-hybridized carbons (Fsp3) is 0.0833. The highest BCUT2D eigenvalue weighted by Gasteiger charge is 2.16. The largest absolute Gasteiger partial charge is 0.472 e. The molecule has 4 aromatic rings. The molecular weight excluding hydrogens is 264 g/mol. The minimum atomic E-state index is 0.502. The maximum Gasteiger partial charge on any atom is 0.294 e. The molecule has 6 nitrogen and oxygen atoms in total. The van der Waals surface area contributed by atoms with Gasteiger partial charge in [0.1, 0.15) is 11.2 Å². The van der Waals surface area contributed by atoms with Gasteiger partial charge in [-0.15, -0.1) is 5.10 Å². The Labute approximate surface area is 111 Å². The molecule has 0 saturated carbocycles. The number of benzene rings is 1. The van der Waals surface area contributed by atoms with Crippen LogP contribution in [0.5, 0.6) is 5.19 Å². The molecule has 7 heteroatoms. The van der Waals surface area contributed by atoms with Crippen molar-refractivity contribution in [3.63, 3.8) is 0 Å². The van der Waals surface area contributed by atoms with Crippen molar-refractivity contribution in [2.45, 2.75) is 0 Å². The van der Waals surface area contributed by atoms with E-state index in [1.54, 1.807) is 17.8 Å². The summed E-state index contributed by atoms with van der Waals surface area (Å²) < 4.78 is 12.5. The Hall–Kier alpha value is -2.41. The second-order valence-electron chi connectivity index (χ2n) is 3.90. The van der Waals surface area contributed by atoms with Gasteiger partial charge in [0.15, 0.2) is 5.58 Å². The van der Waals surface area contributed by atoms with Crippen LogP contribution in [0.15, 0.2) is 34.9 Å². The van der Waals surface area contributed by atoms with Crippen molar-refractivity contribution in [1.29, 1.82) is 0 Å². The second-order valence-corrected chi connectivity index (χ2v) is 4.82. The topological polar surface area (TPSA) is 65.5 Å². The van der Waals surface area contributed by atoms with E-state index in [2.05, 4.69) is 15.1 Å². The first-order chi connectivity index (χ1) is 9.35. The Balaban J connectivity index is 1.95. The van der Waals surface area contributed by atoms with Crippen molar-refractivity contribution < 1.29 is 9.15 Å². The average Bonchev–Trinajstić information content (AvgIpc) is 3.10. The molecule has 3 aromatic heterocycles. The van der Waals surface area contributed by atoms with E-state index in [1.165, 1.54) is 11.3 Å². The molecule has 0 unspecified atom stereocenters. The molecule has 0 atom stereocenters. The lowest BCUT2D eigenvalue weighted by Gasteiger charge is -1.90. The highest BCUT2D eigenvalue weighted by Crippen LogP contribution is 2.28. The maximum atomic E-state index is 5.72. The van der Waals surface area contributed by atoms with Gasteiger partial charge in [-0.2, -0.15) is 4.52 Å². The number of hydrogen-bond acceptors (Lipinski definition) is 6. The molecule has 0 saturated heterocycles. The van der Waals surface area contributed by atoms with Crippen LogP contribution in [-0.4, -0.2) is 26.7 Å². The molecule has 0 aliphatic rings. The third kappa shape index (κ3) is 1.52. The van der Waals surface area contributed by atoms with E-state index < -0.39 is 0 Å². The van der Waals surface area contributed by atoms with Crippen LogP contribution >= 0.6 is 11.3 Å². The number of oxazole rings is 1. The predicted octanol–water partition coefficient (Wildman–Crippen LogP) is 2.61. The van der Waals surface area contributed by atoms with Crippen molar-refractivity contribution in [3.05, 3.63) is 30.5 Å². The van der Waals surface area contributed by atoms with Gasteiger partial charge < -0.3 is 9.15 Å². The number of methoxy groups -OCH3 is 1. The number of aromatic nitrogens is 4. The normalized spacial score (nSPS) is 11.4. The van der Waals surface area contributed by atoms with Gasteiger partial charge in [-0.1, -0.05) is 12.1 Å². The molecule has 94 valence electrons. The van der Waals surface area contributed by atoms with Crippen molar-refractivity contribution in [2.24, 2.45) is 0 Å². The SMILES string of the molecule is COc1nn2c(-c3nc4ccccc4o3)cnc2s1. The quantitative estimate of drug-likeness (QED) is 0.561. The molecule has 0 aliphatic heterocycles. The van der Waals surface area contributed by atoms with Gasteiger partial charge in [0.05, 0.1) is 13.3 Å². The lowest BCUT2D eigenvalue weighted by molar-refractivity contribution is 0.405. The van der Waals surface area contributed by atoms with Crippen LogP contribution in [0.4, 0.5) is 0 Å². The molecule has 0 radical (unpaired) electrons. The van der Waals surface area contributed by atoms with Gasteiger partial charge in [0.25, 0.3) is 5.19 Å². The molecule has 0 amide bonds. The molecule has 3 heterocycles. The molecule has 0 aliphatic carbocycles. The molecule has 0 N–H and O–H groups in total. The molecule has 0 bridgehead atoms. The van der Waals surface area contributed by atoms with Crippen molar-refractivity contribution in [3.8, 4) is 16.8 Å². The van der Waals surface area contributed by atoms with E-state index in [0.29, 0.717) is 16.8 Å². The monoisotopic (exact) mass is 272 g/mol. The third-order valence-electron chi connectivity index (χ3n) is 2.75. The maximum absolute atomic E-state index is 5.72. The zero-order valence-electron chi connectivity index (χ0n) is 9.90. The van der Waals surface area contributed by atoms with Crippen LogP contribution < -0.4 is 4.74 Å². The predicted molar refractivity (Wildman–Crippen MR) is 70.4 cm³/mol. The minimum absolute atomic E-state index is 0.502. The molecular formula is C12H8N4O2S. The van der Waals surface area contributed by atoms with E-state index in [0.717, 1.165) is 16.1 Å². The smallest absolute Gasteiger partial charge is 0.294 e. The fourth-order valence-electron chi connectivity index (χ4n) is 1.89. The molecule has 4 rings (SSSR count). The van der Waals surface area contributed by atoms with Crippen LogP contribution in [0.1, 0.15) is 0 Å². The van der Waals surface area contributed by atoms with Crippen molar-refractivity contribution in [2.75, 3.05) is 7.11 Å². The highest BCUT2D eigenvalue weighted by molar-refractivity contribution is 7.18. The first-order valence-corrected chi connectivity index (χ1v) is 6.41. The number of imidazole rings is 1. The van der Waals surface area contributed by atoms with E-state index >= 15 is 0 Å². The summed E-state index contributed by atoms with van der Waals surface area (Å²) in [5, 5.41) is 4.84. The van der Waals surface area contributed by atoms with E-state index in [-0.39, 0.29) is 0 Å². The molecule has 0 fully saturated rings. The van der Waals surface area contributed by atoms with Gasteiger partial charge in [-0.25, -0.2) is 9.97 Å². The minimum Gasteiger partial charge on any atom is -0.472 e. The Kier molecular flexibility index (Phi) is 2.10. The summed E-state index contributed by atoms with van der Waals surface area (Å²) in [6.45, 7) is 0. The molecule has 19 heavy (non-hydrogen) atoms. The summed E-state index contributed by atoms with van der Waals surface area (Å²) in [5.74, 6) is 0.502. The average molecular weight is 272 g/mol. The zero-order chi connectivity index (χ0) is 12.8. The van der Waals surface area contributed by atoms with E-state index in [9.17, 15) is 0 Å². The summed E-state index contributed by atoms with van der Waals surface area (Å²) in [4.78, 5) is 9.45. The molecule has 1 aromatic carbocycles. The lowest BCUT2D eigenvalue weighted by Crippen LogP contribution is -1.89. The standard InChI is InChI=1S/C12H8N4O2S/c1-17-12-15-16-8(6-13-11(16)19-12)10-14-7-4-2-3-5-9(7)18-10/h2-6H,1H3. The van der Waals surface area contributed by atoms with Crippen LogP contribution in [-0.2, 0) is 0 Å². The van der Waals surface area contributed by atoms with Crippen LogP contribution in [0, 0.1) is 0 Å². The van der Waals surface area contributed by atoms with Gasteiger partial charge in [-0.3, -0.25) is 0 Å². The van der Waals surface area contributed by atoms with Gasteiger partial charge in [-0.05, 0) is 23.5 Å². The Morgan fingerprint density at radius 3 is 3.05 bits per heavy atom. The Morgan fingerprint density at radius 1 is 1.32 bits per heavy atom. The highest BCUT2D eigenvalue weighted by atomic mass is 32.1. The van der Waals surface area contributed by atoms with Crippen LogP contribution in [0.25, 0.3) is 27.6 Å². The van der Waals surface area contributed by atoms with Gasteiger partial charge in [0, 0.05) is 0 Å². The summed E-state index contributed by atoms with van der Waals surface area (Å²) in [6.07, 6.45) is 1.70. The first kappa shape index (κ1) is 10.5. The van der Waals surface area contributed by atoms with E-state index in [4.69, 9.17) is 9.15 Å². The Morgan fingerprint density at radius 2 is 2.21 bits per heavy atom. The van der Waals surface area contributed by atoms with Crippen molar-refractivity contribution in [1.82, 2.24) is 19.6 Å².